The van der Waals surface area contributed by atoms with Crippen LogP contribution in [-0.4, -0.2) is 23.8 Å². The van der Waals surface area contributed by atoms with Gasteiger partial charge in [-0.05, 0) is 55.9 Å². The van der Waals surface area contributed by atoms with E-state index in [9.17, 15) is 9.90 Å². The zero-order valence-corrected chi connectivity index (χ0v) is 14.8. The second-order valence-corrected chi connectivity index (χ2v) is 6.65. The minimum atomic E-state index is -0.707. The van der Waals surface area contributed by atoms with Gasteiger partial charge in [0.2, 0.25) is 0 Å². The van der Waals surface area contributed by atoms with Crippen LogP contribution in [0.5, 0.6) is 0 Å². The number of hydrogen-bond acceptors (Lipinski definition) is 3. The maximum atomic E-state index is 12.4. The Morgan fingerprint density at radius 2 is 1.70 bits per heavy atom. The van der Waals surface area contributed by atoms with Crippen molar-refractivity contribution in [1.29, 1.82) is 0 Å². The van der Waals surface area contributed by atoms with Crippen molar-refractivity contribution in [2.45, 2.75) is 31.8 Å². The molecule has 2 N–H and O–H groups in total. The highest BCUT2D eigenvalue weighted by Gasteiger charge is 2.15. The molecule has 0 saturated carbocycles. The van der Waals surface area contributed by atoms with Gasteiger partial charge in [0.05, 0.1) is 6.10 Å². The van der Waals surface area contributed by atoms with Crippen LogP contribution in [0, 0.1) is 20.8 Å². The second-order valence-electron chi connectivity index (χ2n) is 5.77. The van der Waals surface area contributed by atoms with Crippen LogP contribution >= 0.6 is 11.8 Å². The number of hydrogen-bond donors (Lipinski definition) is 2. The topological polar surface area (TPSA) is 49.3 Å². The Labute approximate surface area is 142 Å². The average Bonchev–Trinajstić information content (AvgIpc) is 2.51. The van der Waals surface area contributed by atoms with Gasteiger partial charge in [0.25, 0.3) is 5.91 Å². The summed E-state index contributed by atoms with van der Waals surface area (Å²) in [5, 5.41) is 13.1. The predicted molar refractivity (Wildman–Crippen MR) is 96.2 cm³/mol. The van der Waals surface area contributed by atoms with Crippen LogP contribution in [0.4, 0.5) is 0 Å². The van der Waals surface area contributed by atoms with Gasteiger partial charge in [0, 0.05) is 17.0 Å². The van der Waals surface area contributed by atoms with Crippen molar-refractivity contribution in [1.82, 2.24) is 5.32 Å². The molecule has 122 valence electrons. The van der Waals surface area contributed by atoms with Gasteiger partial charge in [0.15, 0.2) is 0 Å². The number of carbonyl (C=O) groups excluding carboxylic acids is 1. The fourth-order valence-electron chi connectivity index (χ4n) is 2.76. The maximum Gasteiger partial charge on any atom is 0.251 e. The van der Waals surface area contributed by atoms with E-state index in [2.05, 4.69) is 5.32 Å². The molecule has 2 rings (SSSR count). The zero-order chi connectivity index (χ0) is 17.0. The average molecular weight is 329 g/mol. The summed E-state index contributed by atoms with van der Waals surface area (Å²) in [6.07, 6.45) is 1.30. The summed E-state index contributed by atoms with van der Waals surface area (Å²) in [6.45, 7) is 6.09. The van der Waals surface area contributed by atoms with Crippen molar-refractivity contribution in [2.24, 2.45) is 0 Å². The normalized spacial score (nSPS) is 12.0. The Morgan fingerprint density at radius 3 is 2.22 bits per heavy atom. The van der Waals surface area contributed by atoms with Crippen LogP contribution < -0.4 is 5.32 Å². The number of amides is 1. The molecular formula is C19H23NO2S. The monoisotopic (exact) mass is 329 g/mol. The van der Waals surface area contributed by atoms with E-state index in [1.165, 1.54) is 0 Å². The molecule has 0 aliphatic rings. The van der Waals surface area contributed by atoms with Gasteiger partial charge in [-0.2, -0.15) is 0 Å². The van der Waals surface area contributed by atoms with E-state index in [1.807, 2.05) is 63.4 Å². The summed E-state index contributed by atoms with van der Waals surface area (Å²) >= 11 is 1.66. The van der Waals surface area contributed by atoms with Crippen molar-refractivity contribution >= 4 is 17.7 Å². The Kier molecular flexibility index (Phi) is 5.85. The molecule has 0 aliphatic carbocycles. The standard InChI is InChI=1S/C19H23NO2S/c1-12-9-13(2)18(14(3)10-12)19(22)20-11-17(21)15-5-7-16(23-4)8-6-15/h5-10,17,21H,11H2,1-4H3,(H,20,22). The Bertz CT molecular complexity index is 672. The third-order valence-electron chi connectivity index (χ3n) is 3.86. The largest absolute Gasteiger partial charge is 0.387 e. The smallest absolute Gasteiger partial charge is 0.251 e. The van der Waals surface area contributed by atoms with Gasteiger partial charge in [-0.25, -0.2) is 0 Å². The highest BCUT2D eigenvalue weighted by Crippen LogP contribution is 2.19. The van der Waals surface area contributed by atoms with Crippen LogP contribution in [0.1, 0.15) is 38.7 Å². The Morgan fingerprint density at radius 1 is 1.13 bits per heavy atom. The Hall–Kier alpha value is -1.78. The lowest BCUT2D eigenvalue weighted by molar-refractivity contribution is 0.0915. The van der Waals surface area contributed by atoms with Gasteiger partial charge in [-0.15, -0.1) is 11.8 Å². The van der Waals surface area contributed by atoms with Crippen molar-refractivity contribution in [3.63, 3.8) is 0 Å². The maximum absolute atomic E-state index is 12.4. The van der Waals surface area contributed by atoms with Crippen molar-refractivity contribution in [3.8, 4) is 0 Å². The molecule has 23 heavy (non-hydrogen) atoms. The predicted octanol–water partition coefficient (Wildman–Crippen LogP) is 3.80. The second kappa shape index (κ2) is 7.66. The molecular weight excluding hydrogens is 306 g/mol. The molecule has 4 heteroatoms. The zero-order valence-electron chi connectivity index (χ0n) is 14.0. The van der Waals surface area contributed by atoms with Crippen LogP contribution in [0.3, 0.4) is 0 Å². The summed E-state index contributed by atoms with van der Waals surface area (Å²) in [4.78, 5) is 13.6. The van der Waals surface area contributed by atoms with E-state index in [4.69, 9.17) is 0 Å². The quantitative estimate of drug-likeness (QED) is 0.820. The third-order valence-corrected chi connectivity index (χ3v) is 4.60. The summed E-state index contributed by atoms with van der Waals surface area (Å²) in [5.74, 6) is -0.139. The number of nitrogens with one attached hydrogen (secondary N) is 1. The molecule has 2 aromatic carbocycles. The van der Waals surface area contributed by atoms with Crippen molar-refractivity contribution < 1.29 is 9.90 Å². The van der Waals surface area contributed by atoms with E-state index in [0.29, 0.717) is 5.56 Å². The van der Waals surface area contributed by atoms with Gasteiger partial charge in [0.1, 0.15) is 0 Å². The van der Waals surface area contributed by atoms with E-state index >= 15 is 0 Å². The molecule has 1 unspecified atom stereocenters. The molecule has 0 heterocycles. The summed E-state index contributed by atoms with van der Waals surface area (Å²) < 4.78 is 0. The number of aliphatic hydroxyl groups is 1. The molecule has 1 atom stereocenters. The van der Waals surface area contributed by atoms with Crippen molar-refractivity contribution in [3.05, 3.63) is 64.2 Å². The number of aliphatic hydroxyl groups excluding tert-OH is 1. The molecule has 0 aliphatic heterocycles. The molecule has 1 amide bonds. The van der Waals surface area contributed by atoms with E-state index in [0.717, 1.165) is 27.1 Å². The number of aryl methyl sites for hydroxylation is 3. The molecule has 2 aromatic rings. The summed E-state index contributed by atoms with van der Waals surface area (Å²) in [5.41, 5.74) is 4.56. The van der Waals surface area contributed by atoms with Crippen molar-refractivity contribution in [2.75, 3.05) is 12.8 Å². The van der Waals surface area contributed by atoms with Gasteiger partial charge < -0.3 is 10.4 Å². The number of thioether (sulfide) groups is 1. The van der Waals surface area contributed by atoms with Crippen LogP contribution in [-0.2, 0) is 0 Å². The lowest BCUT2D eigenvalue weighted by atomic mass is 9.99. The lowest BCUT2D eigenvalue weighted by Crippen LogP contribution is -2.29. The third kappa shape index (κ3) is 4.36. The molecule has 0 aromatic heterocycles. The van der Waals surface area contributed by atoms with Gasteiger partial charge >= 0.3 is 0 Å². The molecule has 0 saturated heterocycles. The molecule has 3 nitrogen and oxygen atoms in total. The summed E-state index contributed by atoms with van der Waals surface area (Å²) in [7, 11) is 0. The first kappa shape index (κ1) is 17.6. The molecule has 0 bridgehead atoms. The van der Waals surface area contributed by atoms with E-state index < -0.39 is 6.10 Å². The minimum Gasteiger partial charge on any atom is -0.387 e. The first-order valence-corrected chi connectivity index (χ1v) is 8.83. The van der Waals surface area contributed by atoms with Crippen LogP contribution in [0.15, 0.2) is 41.3 Å². The highest BCUT2D eigenvalue weighted by atomic mass is 32.2. The molecule has 0 fully saturated rings. The van der Waals surface area contributed by atoms with E-state index in [1.54, 1.807) is 11.8 Å². The minimum absolute atomic E-state index is 0.139. The fraction of sp³-hybridized carbons (Fsp3) is 0.316. The lowest BCUT2D eigenvalue weighted by Gasteiger charge is -2.15. The van der Waals surface area contributed by atoms with Crippen LogP contribution in [0.2, 0.25) is 0 Å². The highest BCUT2D eigenvalue weighted by molar-refractivity contribution is 7.98. The number of rotatable bonds is 5. The van der Waals surface area contributed by atoms with Crippen LogP contribution in [0.25, 0.3) is 0 Å². The summed E-state index contributed by atoms with van der Waals surface area (Å²) in [6, 6.07) is 11.7. The van der Waals surface area contributed by atoms with Gasteiger partial charge in [-0.1, -0.05) is 29.8 Å². The number of benzene rings is 2. The van der Waals surface area contributed by atoms with E-state index in [-0.39, 0.29) is 12.5 Å². The molecule has 0 spiro atoms. The Balaban J connectivity index is 2.03. The fourth-order valence-corrected chi connectivity index (χ4v) is 3.17. The molecule has 0 radical (unpaired) electrons. The first-order chi connectivity index (χ1) is 10.9. The first-order valence-electron chi connectivity index (χ1n) is 7.60. The SMILES string of the molecule is CSc1ccc(C(O)CNC(=O)c2c(C)cc(C)cc2C)cc1. The number of carbonyl (C=O) groups is 1. The van der Waals surface area contributed by atoms with Gasteiger partial charge in [-0.3, -0.25) is 4.79 Å².